The number of benzene rings is 1. The number of hydrogen-bond acceptors (Lipinski definition) is 4. The van der Waals surface area contributed by atoms with E-state index in [1.165, 1.54) is 0 Å². The van der Waals surface area contributed by atoms with Crippen molar-refractivity contribution in [3.63, 3.8) is 0 Å². The SMILES string of the molecule is C/C=C\C(/C(C)=C(/C)c1nc(C)cc(=O)n1C)N1CCc2ncc(-c3cc(C)cc(C)c3F)cc2C1. The van der Waals surface area contributed by atoms with Gasteiger partial charge in [-0.1, -0.05) is 23.8 Å². The highest BCUT2D eigenvalue weighted by atomic mass is 19.1. The molecule has 0 spiro atoms. The van der Waals surface area contributed by atoms with Crippen molar-refractivity contribution in [1.82, 2.24) is 19.4 Å². The maximum atomic E-state index is 15.0. The molecule has 1 aromatic carbocycles. The maximum Gasteiger partial charge on any atom is 0.253 e. The minimum Gasteiger partial charge on any atom is -0.296 e. The first-order chi connectivity index (χ1) is 17.1. The summed E-state index contributed by atoms with van der Waals surface area (Å²) in [5, 5.41) is 0. The van der Waals surface area contributed by atoms with Gasteiger partial charge in [-0.05, 0) is 75.9 Å². The fraction of sp³-hybridized carbons (Fsp3) is 0.367. The number of aryl methyl sites for hydroxylation is 3. The molecule has 1 aliphatic heterocycles. The number of aromatic nitrogens is 3. The van der Waals surface area contributed by atoms with Crippen LogP contribution in [0, 0.1) is 26.6 Å². The van der Waals surface area contributed by atoms with Crippen molar-refractivity contribution in [3.8, 4) is 11.1 Å². The summed E-state index contributed by atoms with van der Waals surface area (Å²) in [6, 6.07) is 7.45. The first-order valence-corrected chi connectivity index (χ1v) is 12.4. The molecule has 0 amide bonds. The molecule has 6 heteroatoms. The average Bonchev–Trinajstić information content (AvgIpc) is 2.85. The van der Waals surface area contributed by atoms with Crippen LogP contribution >= 0.6 is 0 Å². The van der Waals surface area contributed by atoms with Gasteiger partial charge in [-0.25, -0.2) is 9.37 Å². The summed E-state index contributed by atoms with van der Waals surface area (Å²) in [6.45, 7) is 13.4. The van der Waals surface area contributed by atoms with Crippen LogP contribution in [0.25, 0.3) is 16.7 Å². The highest BCUT2D eigenvalue weighted by Crippen LogP contribution is 2.31. The Morgan fingerprint density at radius 1 is 1.14 bits per heavy atom. The van der Waals surface area contributed by atoms with Crippen molar-refractivity contribution in [2.75, 3.05) is 6.54 Å². The van der Waals surface area contributed by atoms with E-state index in [4.69, 9.17) is 4.98 Å². The number of fused-ring (bicyclic) bond motifs is 1. The molecular formula is C30H35FN4O. The molecule has 4 rings (SSSR count). The van der Waals surface area contributed by atoms with Crippen LogP contribution in [-0.2, 0) is 20.0 Å². The smallest absolute Gasteiger partial charge is 0.253 e. The van der Waals surface area contributed by atoms with Gasteiger partial charge in [0, 0.05) is 67.4 Å². The van der Waals surface area contributed by atoms with E-state index >= 15 is 0 Å². The molecule has 36 heavy (non-hydrogen) atoms. The van der Waals surface area contributed by atoms with Crippen molar-refractivity contribution >= 4 is 5.57 Å². The van der Waals surface area contributed by atoms with Crippen molar-refractivity contribution in [2.24, 2.45) is 7.05 Å². The topological polar surface area (TPSA) is 51.0 Å². The van der Waals surface area contributed by atoms with E-state index in [0.29, 0.717) is 29.2 Å². The van der Waals surface area contributed by atoms with Crippen LogP contribution in [0.1, 0.15) is 54.7 Å². The molecule has 0 saturated heterocycles. The Balaban J connectivity index is 1.71. The normalized spacial score (nSPS) is 15.7. The Hall–Kier alpha value is -3.38. The van der Waals surface area contributed by atoms with Crippen LogP contribution in [0.5, 0.6) is 0 Å². The molecule has 0 radical (unpaired) electrons. The molecule has 3 heterocycles. The van der Waals surface area contributed by atoms with Crippen LogP contribution in [0.2, 0.25) is 0 Å². The monoisotopic (exact) mass is 486 g/mol. The van der Waals surface area contributed by atoms with E-state index in [2.05, 4.69) is 35.0 Å². The molecule has 0 N–H and O–H groups in total. The van der Waals surface area contributed by atoms with E-state index in [1.807, 2.05) is 39.8 Å². The van der Waals surface area contributed by atoms with E-state index < -0.39 is 0 Å². The van der Waals surface area contributed by atoms with Crippen molar-refractivity contribution < 1.29 is 4.39 Å². The van der Waals surface area contributed by atoms with Gasteiger partial charge in [0.2, 0.25) is 0 Å². The summed E-state index contributed by atoms with van der Waals surface area (Å²) < 4.78 is 16.6. The summed E-state index contributed by atoms with van der Waals surface area (Å²) >= 11 is 0. The Bertz CT molecular complexity index is 1430. The molecule has 2 aromatic heterocycles. The summed E-state index contributed by atoms with van der Waals surface area (Å²) in [6.07, 6.45) is 6.89. The van der Waals surface area contributed by atoms with Crippen molar-refractivity contribution in [3.05, 3.63) is 98.3 Å². The van der Waals surface area contributed by atoms with Crippen LogP contribution in [0.3, 0.4) is 0 Å². The first kappa shape index (κ1) is 25.7. The Labute approximate surface area is 213 Å². The quantitative estimate of drug-likeness (QED) is 0.434. The number of halogens is 1. The number of hydrogen-bond donors (Lipinski definition) is 0. The van der Waals surface area contributed by atoms with Gasteiger partial charge in [-0.15, -0.1) is 0 Å². The molecule has 5 nitrogen and oxygen atoms in total. The number of rotatable bonds is 5. The fourth-order valence-corrected chi connectivity index (χ4v) is 5.10. The molecule has 1 atom stereocenters. The standard InChI is InChI=1S/C30H35FN4O/c1-8-9-27(21(5)22(6)30-33-20(4)14-28(36)34(30)7)35-11-10-26-24(17-35)15-23(16-32-26)25-13-18(2)12-19(3)29(25)31/h8-9,12-16,27H,10-11,17H2,1-7H3/b9-8-,22-21-. The summed E-state index contributed by atoms with van der Waals surface area (Å²) in [5.41, 5.74) is 8.08. The molecule has 188 valence electrons. The second-order valence-electron chi connectivity index (χ2n) is 9.89. The van der Waals surface area contributed by atoms with E-state index in [0.717, 1.165) is 46.5 Å². The van der Waals surface area contributed by atoms with Gasteiger partial charge in [0.1, 0.15) is 11.6 Å². The minimum absolute atomic E-state index is 0.0437. The highest BCUT2D eigenvalue weighted by molar-refractivity contribution is 5.66. The Morgan fingerprint density at radius 3 is 2.61 bits per heavy atom. The summed E-state index contributed by atoms with van der Waals surface area (Å²) in [7, 11) is 1.77. The van der Waals surface area contributed by atoms with Crippen molar-refractivity contribution in [1.29, 1.82) is 0 Å². The molecule has 1 aliphatic rings. The predicted molar refractivity (Wildman–Crippen MR) is 144 cm³/mol. The second kappa shape index (κ2) is 10.3. The lowest BCUT2D eigenvalue weighted by Gasteiger charge is -2.35. The minimum atomic E-state index is -0.188. The lowest BCUT2D eigenvalue weighted by atomic mass is 9.94. The zero-order valence-corrected chi connectivity index (χ0v) is 22.3. The van der Waals surface area contributed by atoms with Crippen molar-refractivity contribution in [2.45, 2.75) is 60.5 Å². The number of nitrogens with zero attached hydrogens (tertiary/aromatic N) is 4. The lowest BCUT2D eigenvalue weighted by Crippen LogP contribution is -2.39. The Morgan fingerprint density at radius 2 is 1.89 bits per heavy atom. The number of allylic oxidation sites excluding steroid dienone is 2. The van der Waals surface area contributed by atoms with Gasteiger partial charge in [-0.2, -0.15) is 0 Å². The van der Waals surface area contributed by atoms with E-state index in [1.54, 1.807) is 30.8 Å². The zero-order valence-electron chi connectivity index (χ0n) is 22.3. The predicted octanol–water partition coefficient (Wildman–Crippen LogP) is 5.70. The van der Waals surface area contributed by atoms with Gasteiger partial charge < -0.3 is 0 Å². The molecule has 0 fully saturated rings. The lowest BCUT2D eigenvalue weighted by molar-refractivity contribution is 0.230. The van der Waals surface area contributed by atoms with Gasteiger partial charge in [0.25, 0.3) is 5.56 Å². The van der Waals surface area contributed by atoms with E-state index in [-0.39, 0.29) is 17.4 Å². The van der Waals surface area contributed by atoms with Gasteiger partial charge in [-0.3, -0.25) is 19.2 Å². The highest BCUT2D eigenvalue weighted by Gasteiger charge is 2.26. The van der Waals surface area contributed by atoms with E-state index in [9.17, 15) is 9.18 Å². The fourth-order valence-electron chi connectivity index (χ4n) is 5.10. The van der Waals surface area contributed by atoms with Crippen LogP contribution in [0.4, 0.5) is 4.39 Å². The number of pyridine rings is 1. The molecular weight excluding hydrogens is 451 g/mol. The first-order valence-electron chi connectivity index (χ1n) is 12.4. The van der Waals surface area contributed by atoms with Gasteiger partial charge in [0.15, 0.2) is 0 Å². The van der Waals surface area contributed by atoms with Crippen LogP contribution < -0.4 is 5.56 Å². The molecule has 0 saturated carbocycles. The van der Waals surface area contributed by atoms with Crippen LogP contribution in [-0.4, -0.2) is 32.0 Å². The van der Waals surface area contributed by atoms with Gasteiger partial charge in [0.05, 0.1) is 0 Å². The molecule has 3 aromatic rings. The summed E-state index contributed by atoms with van der Waals surface area (Å²) in [5.74, 6) is 0.506. The third-order valence-electron chi connectivity index (χ3n) is 7.18. The van der Waals surface area contributed by atoms with Crippen LogP contribution in [0.15, 0.2) is 53.0 Å². The third kappa shape index (κ3) is 4.96. The molecule has 1 unspecified atom stereocenters. The summed E-state index contributed by atoms with van der Waals surface area (Å²) in [4.78, 5) is 24.2. The largest absolute Gasteiger partial charge is 0.296 e. The zero-order chi connectivity index (χ0) is 26.1. The third-order valence-corrected chi connectivity index (χ3v) is 7.18. The molecule has 0 aliphatic carbocycles. The molecule has 0 bridgehead atoms. The Kier molecular flexibility index (Phi) is 7.36. The second-order valence-corrected chi connectivity index (χ2v) is 9.89. The van der Waals surface area contributed by atoms with Gasteiger partial charge >= 0.3 is 0 Å². The average molecular weight is 487 g/mol. The maximum absolute atomic E-state index is 15.0.